The predicted octanol–water partition coefficient (Wildman–Crippen LogP) is 5.13. The molecule has 4 atom stereocenters. The van der Waals surface area contributed by atoms with Crippen LogP contribution in [-0.4, -0.2) is 173 Å². The van der Waals surface area contributed by atoms with E-state index in [-0.39, 0.29) is 130 Å². The van der Waals surface area contributed by atoms with E-state index in [0.29, 0.717) is 71.2 Å². The van der Waals surface area contributed by atoms with Crippen molar-refractivity contribution in [3.05, 3.63) is 108 Å². The Morgan fingerprint density at radius 1 is 0.451 bits per heavy atom. The number of amides is 7. The Hall–Kier alpha value is -8.58. The summed E-state index contributed by atoms with van der Waals surface area (Å²) in [6.45, 7) is 2.53. The SMILES string of the molecule is CC(=O)N[C@H]1CN(C(=O)CCCC(=O)NCCCNC(=O)CCOCOC(=O)CCCCCCCCCCC(=O)NCCOCCC(=O)NCCCNC(=O)CCCC=O)[C@H](COC(=O)c2ccccc2)[C@H](OC(=O)c2ccccc2)[C@@H]1OC(=O)c1ccccc1. The standard InChI is InChI=1S/C66H91N7O18/c1-49(75)72-53-46-73(54(47-88-64(83)50-24-11-8-12-25-50)63(91-66(85)52-28-15-10-16-29-52)62(53)90-65(84)51-26-13-9-14-27-51)60(81)33-21-32-57(78)68-38-23-40-70-59(80)36-44-87-48-89-61(82)34-18-7-5-3-2-4-6-17-30-56(77)71-41-45-86-43-35-58(79)69-39-22-37-67-55(76)31-19-20-42-74/h8-16,24-29,42,53-54,62-63H,2-7,17-23,30-41,43-48H2,1H3,(H,67,76)(H,68,78)(H,69,79)(H,70,80)(H,71,77)(H,72,75)/t53-,54+,62+,63-/m0/s1. The van der Waals surface area contributed by atoms with Crippen LogP contribution in [0, 0.1) is 0 Å². The monoisotopic (exact) mass is 1270 g/mol. The maximum atomic E-state index is 14.3. The van der Waals surface area contributed by atoms with E-state index in [0.717, 1.165) is 51.2 Å². The Kier molecular flexibility index (Phi) is 37.6. The zero-order valence-corrected chi connectivity index (χ0v) is 52.3. The van der Waals surface area contributed by atoms with Crippen LogP contribution in [-0.2, 0) is 71.6 Å². The average molecular weight is 1270 g/mol. The number of unbranched alkanes of at least 4 members (excludes halogenated alkanes) is 8. The largest absolute Gasteiger partial charge is 0.460 e. The molecule has 25 heteroatoms. The first-order valence-electron chi connectivity index (χ1n) is 31.5. The molecule has 7 amide bonds. The van der Waals surface area contributed by atoms with Crippen molar-refractivity contribution in [3.8, 4) is 0 Å². The number of nitrogens with zero attached hydrogens (tertiary/aromatic N) is 1. The van der Waals surface area contributed by atoms with Crippen LogP contribution in [0.2, 0.25) is 0 Å². The summed E-state index contributed by atoms with van der Waals surface area (Å²) in [6, 6.07) is 21.8. The van der Waals surface area contributed by atoms with Crippen molar-refractivity contribution in [2.75, 3.05) is 72.5 Å². The topological polar surface area (TPSA) is 336 Å². The number of carbonyl (C=O) groups is 12. The molecule has 4 rings (SSSR count). The van der Waals surface area contributed by atoms with Gasteiger partial charge in [0.1, 0.15) is 18.9 Å². The van der Waals surface area contributed by atoms with Gasteiger partial charge in [-0.3, -0.25) is 38.4 Å². The number of benzene rings is 3. The first-order chi connectivity index (χ1) is 44.1. The van der Waals surface area contributed by atoms with Crippen LogP contribution in [0.5, 0.6) is 0 Å². The smallest absolute Gasteiger partial charge is 0.338 e. The molecule has 1 heterocycles. The van der Waals surface area contributed by atoms with Gasteiger partial charge in [0.05, 0.1) is 49.0 Å². The Balaban J connectivity index is 1.03. The number of nitrogens with one attached hydrogen (secondary N) is 6. The highest BCUT2D eigenvalue weighted by atomic mass is 16.7. The van der Waals surface area contributed by atoms with E-state index < -0.39 is 60.6 Å². The van der Waals surface area contributed by atoms with Crippen LogP contribution >= 0.6 is 0 Å². The first-order valence-corrected chi connectivity index (χ1v) is 31.5. The van der Waals surface area contributed by atoms with Crippen molar-refractivity contribution in [2.45, 2.75) is 160 Å². The van der Waals surface area contributed by atoms with Crippen molar-refractivity contribution in [3.63, 3.8) is 0 Å². The number of hydrogen-bond donors (Lipinski definition) is 6. The number of aldehydes is 1. The second kappa shape index (κ2) is 45.6. The van der Waals surface area contributed by atoms with E-state index in [2.05, 4.69) is 31.9 Å². The van der Waals surface area contributed by atoms with E-state index >= 15 is 0 Å². The molecule has 498 valence electrons. The molecule has 0 spiro atoms. The Bertz CT molecular complexity index is 2720. The molecule has 1 aliphatic heterocycles. The molecule has 1 aliphatic rings. The van der Waals surface area contributed by atoms with Crippen LogP contribution in [0.1, 0.15) is 166 Å². The zero-order chi connectivity index (χ0) is 65.7. The molecule has 1 fully saturated rings. The molecule has 0 aromatic heterocycles. The van der Waals surface area contributed by atoms with Crippen LogP contribution in [0.4, 0.5) is 0 Å². The molecule has 3 aromatic carbocycles. The third kappa shape index (κ3) is 32.6. The maximum Gasteiger partial charge on any atom is 0.338 e. The van der Waals surface area contributed by atoms with E-state index in [1.807, 2.05) is 0 Å². The summed E-state index contributed by atoms with van der Waals surface area (Å²) in [5.41, 5.74) is 0.528. The number of piperidine rings is 1. The molecule has 3 aromatic rings. The van der Waals surface area contributed by atoms with Crippen molar-refractivity contribution in [2.24, 2.45) is 0 Å². The number of rotatable bonds is 46. The van der Waals surface area contributed by atoms with Gasteiger partial charge in [-0.25, -0.2) is 14.4 Å². The molecule has 1 saturated heterocycles. The summed E-state index contributed by atoms with van der Waals surface area (Å²) in [6.07, 6.45) is 8.22. The van der Waals surface area contributed by atoms with E-state index in [9.17, 15) is 57.5 Å². The van der Waals surface area contributed by atoms with Gasteiger partial charge in [-0.1, -0.05) is 93.1 Å². The van der Waals surface area contributed by atoms with E-state index in [1.165, 1.54) is 36.1 Å². The number of carbonyl (C=O) groups excluding carboxylic acids is 12. The summed E-state index contributed by atoms with van der Waals surface area (Å²) < 4.78 is 33.8. The van der Waals surface area contributed by atoms with E-state index in [4.69, 9.17) is 28.4 Å². The first kappa shape index (κ1) is 74.9. The number of hydrogen-bond acceptors (Lipinski definition) is 18. The van der Waals surface area contributed by atoms with Gasteiger partial charge in [0.2, 0.25) is 41.4 Å². The summed E-state index contributed by atoms with van der Waals surface area (Å²) in [5, 5.41) is 16.6. The van der Waals surface area contributed by atoms with Crippen molar-refractivity contribution in [1.29, 1.82) is 0 Å². The van der Waals surface area contributed by atoms with Crippen LogP contribution in [0.25, 0.3) is 0 Å². The molecule has 0 radical (unpaired) electrons. The van der Waals surface area contributed by atoms with Gasteiger partial charge in [0.25, 0.3) is 0 Å². The van der Waals surface area contributed by atoms with Gasteiger partial charge in [-0.2, -0.15) is 0 Å². The minimum atomic E-state index is -1.48. The Morgan fingerprint density at radius 2 is 0.890 bits per heavy atom. The quantitative estimate of drug-likeness (QED) is 0.0140. The Morgan fingerprint density at radius 3 is 1.41 bits per heavy atom. The highest BCUT2D eigenvalue weighted by molar-refractivity contribution is 5.91. The molecule has 25 nitrogen and oxygen atoms in total. The van der Waals surface area contributed by atoms with Gasteiger partial charge in [-0.15, -0.1) is 0 Å². The fourth-order valence-corrected chi connectivity index (χ4v) is 9.55. The highest BCUT2D eigenvalue weighted by Gasteiger charge is 2.51. The number of esters is 4. The molecule has 0 bridgehead atoms. The van der Waals surface area contributed by atoms with Crippen molar-refractivity contribution < 1.29 is 86.0 Å². The van der Waals surface area contributed by atoms with Crippen LogP contribution < -0.4 is 31.9 Å². The molecule has 0 saturated carbocycles. The lowest BCUT2D eigenvalue weighted by molar-refractivity contribution is -0.156. The van der Waals surface area contributed by atoms with E-state index in [1.54, 1.807) is 66.7 Å². The molecular weight excluding hydrogens is 1180 g/mol. The summed E-state index contributed by atoms with van der Waals surface area (Å²) in [4.78, 5) is 152. The average Bonchev–Trinajstić information content (AvgIpc) is 0.832. The summed E-state index contributed by atoms with van der Waals surface area (Å²) in [5.74, 6) is -4.74. The van der Waals surface area contributed by atoms with Crippen molar-refractivity contribution >= 4 is 71.5 Å². The minimum Gasteiger partial charge on any atom is -0.460 e. The highest BCUT2D eigenvalue weighted by Crippen LogP contribution is 2.29. The van der Waals surface area contributed by atoms with Gasteiger partial charge in [-0.05, 0) is 74.9 Å². The van der Waals surface area contributed by atoms with Gasteiger partial charge >= 0.3 is 23.9 Å². The molecule has 0 aliphatic carbocycles. The van der Waals surface area contributed by atoms with Gasteiger partial charge in [0.15, 0.2) is 19.0 Å². The molecule has 6 N–H and O–H groups in total. The lowest BCUT2D eigenvalue weighted by Crippen LogP contribution is -2.69. The zero-order valence-electron chi connectivity index (χ0n) is 52.3. The van der Waals surface area contributed by atoms with Gasteiger partial charge < -0.3 is 70.0 Å². The van der Waals surface area contributed by atoms with Gasteiger partial charge in [0, 0.05) is 91.1 Å². The maximum absolute atomic E-state index is 14.3. The lowest BCUT2D eigenvalue weighted by Gasteiger charge is -2.47. The second-order valence-electron chi connectivity index (χ2n) is 21.7. The molecular formula is C66H91N7O18. The van der Waals surface area contributed by atoms with Crippen LogP contribution in [0.15, 0.2) is 91.0 Å². The normalized spacial score (nSPS) is 15.0. The molecule has 91 heavy (non-hydrogen) atoms. The summed E-state index contributed by atoms with van der Waals surface area (Å²) in [7, 11) is 0. The second-order valence-corrected chi connectivity index (χ2v) is 21.7. The fourth-order valence-electron chi connectivity index (χ4n) is 9.55. The third-order valence-corrected chi connectivity index (χ3v) is 14.4. The van der Waals surface area contributed by atoms with Crippen molar-refractivity contribution in [1.82, 2.24) is 36.8 Å². The summed E-state index contributed by atoms with van der Waals surface area (Å²) >= 11 is 0. The minimum absolute atomic E-state index is 0.0280. The number of ether oxygens (including phenoxy) is 6. The lowest BCUT2D eigenvalue weighted by atomic mass is 9.90. The Labute approximate surface area is 532 Å². The molecule has 0 unspecified atom stereocenters. The van der Waals surface area contributed by atoms with Crippen LogP contribution in [0.3, 0.4) is 0 Å². The number of likely N-dealkylation sites (tertiary alicyclic amines) is 1. The third-order valence-electron chi connectivity index (χ3n) is 14.4. The fraction of sp³-hybridized carbons (Fsp3) is 0.545. The predicted molar refractivity (Wildman–Crippen MR) is 332 cm³/mol.